The van der Waals surface area contributed by atoms with Crippen molar-refractivity contribution in [1.29, 1.82) is 0 Å². The molecule has 2 saturated heterocycles. The molecule has 0 radical (unpaired) electrons. The number of anilines is 2. The molecule has 2 aromatic carbocycles. The molecule has 2 aliphatic rings. The Hall–Kier alpha value is -2.94. The summed E-state index contributed by atoms with van der Waals surface area (Å²) in [6.45, 7) is 10.3. The maximum absolute atomic E-state index is 13.0. The van der Waals surface area contributed by atoms with Crippen LogP contribution in [0.1, 0.15) is 38.7 Å². The Morgan fingerprint density at radius 3 is 2.37 bits per heavy atom. The minimum Gasteiger partial charge on any atom is -0.378 e. The van der Waals surface area contributed by atoms with Gasteiger partial charge in [-0.05, 0) is 49.1 Å². The van der Waals surface area contributed by atoms with Crippen LogP contribution in [0.4, 0.5) is 16.2 Å². The van der Waals surface area contributed by atoms with Crippen LogP contribution in [0.25, 0.3) is 0 Å². The van der Waals surface area contributed by atoms with E-state index in [-0.39, 0.29) is 17.9 Å². The fourth-order valence-electron chi connectivity index (χ4n) is 6.11. The van der Waals surface area contributed by atoms with Gasteiger partial charge in [-0.25, -0.2) is 4.79 Å². The maximum Gasteiger partial charge on any atom is 0.323 e. The molecule has 2 aromatic rings. The number of para-hydroxylation sites is 1. The van der Waals surface area contributed by atoms with Crippen molar-refractivity contribution in [3.05, 3.63) is 60.2 Å². The number of carbonyl (C=O) groups is 2. The molecule has 3 amide bonds. The SMILES string of the molecule is CCC[N+]1(C(C)Cc2cccc(NC(=O)Nc3ccccc3)c2)CCC(C(N)C(=O)N2CCOCC2)CC1. The Morgan fingerprint density at radius 2 is 1.68 bits per heavy atom. The Balaban J connectivity index is 1.34. The van der Waals surface area contributed by atoms with E-state index >= 15 is 0 Å². The first-order valence-electron chi connectivity index (χ1n) is 14.1. The van der Waals surface area contributed by atoms with Gasteiger partial charge >= 0.3 is 6.03 Å². The molecule has 2 atom stereocenters. The van der Waals surface area contributed by atoms with Crippen molar-refractivity contribution in [2.24, 2.45) is 11.7 Å². The molecule has 0 spiro atoms. The second-order valence-electron chi connectivity index (χ2n) is 10.9. The average Bonchev–Trinajstić information content (AvgIpc) is 2.94. The average molecular weight is 523 g/mol. The first kappa shape index (κ1) is 28.1. The predicted octanol–water partition coefficient (Wildman–Crippen LogP) is 4.08. The molecule has 0 aromatic heterocycles. The highest BCUT2D eigenvalue weighted by molar-refractivity contribution is 5.99. The Morgan fingerprint density at radius 1 is 1.03 bits per heavy atom. The van der Waals surface area contributed by atoms with Crippen molar-refractivity contribution in [2.45, 2.75) is 51.6 Å². The van der Waals surface area contributed by atoms with Crippen molar-refractivity contribution < 1.29 is 18.8 Å². The standard InChI is InChI=1S/C30H43N5O3/c1-3-16-35(17-12-25(13-18-35)28(31)29(36)34-14-19-38-20-15-34)23(2)21-24-8-7-11-27(22-24)33-30(37)32-26-9-5-4-6-10-26/h4-11,22-23,25,28H,3,12-21,31H2,1-2H3,(H-,32,33,37)/p+1. The predicted molar refractivity (Wildman–Crippen MR) is 152 cm³/mol. The van der Waals surface area contributed by atoms with Gasteiger partial charge in [-0.2, -0.15) is 0 Å². The molecule has 2 unspecified atom stereocenters. The third kappa shape index (κ3) is 7.12. The number of hydrogen-bond donors (Lipinski definition) is 3. The number of quaternary nitrogens is 1. The van der Waals surface area contributed by atoms with Crippen LogP contribution in [-0.2, 0) is 16.0 Å². The van der Waals surface area contributed by atoms with Gasteiger partial charge in [0.2, 0.25) is 5.91 Å². The lowest BCUT2D eigenvalue weighted by atomic mass is 9.86. The van der Waals surface area contributed by atoms with Crippen LogP contribution in [0, 0.1) is 5.92 Å². The fourth-order valence-corrected chi connectivity index (χ4v) is 6.11. The highest BCUT2D eigenvalue weighted by Gasteiger charge is 2.41. The van der Waals surface area contributed by atoms with Crippen LogP contribution in [0.15, 0.2) is 54.6 Å². The van der Waals surface area contributed by atoms with Crippen molar-refractivity contribution >= 4 is 23.3 Å². The first-order chi connectivity index (χ1) is 18.4. The van der Waals surface area contributed by atoms with Gasteiger partial charge in [0.1, 0.15) is 0 Å². The molecule has 2 aliphatic heterocycles. The summed E-state index contributed by atoms with van der Waals surface area (Å²) >= 11 is 0. The molecule has 0 aliphatic carbocycles. The molecule has 0 bridgehead atoms. The summed E-state index contributed by atoms with van der Waals surface area (Å²) < 4.78 is 6.45. The first-order valence-corrected chi connectivity index (χ1v) is 14.1. The van der Waals surface area contributed by atoms with Gasteiger partial charge < -0.3 is 30.5 Å². The summed E-state index contributed by atoms with van der Waals surface area (Å²) in [6.07, 6.45) is 4.00. The smallest absolute Gasteiger partial charge is 0.323 e. The number of carbonyl (C=O) groups excluding carboxylic acids is 2. The molecule has 4 rings (SSSR count). The number of morpholine rings is 1. The molecule has 38 heavy (non-hydrogen) atoms. The van der Waals surface area contributed by atoms with Crippen LogP contribution in [0.3, 0.4) is 0 Å². The zero-order valence-corrected chi connectivity index (χ0v) is 22.9. The molecule has 2 fully saturated rings. The number of benzene rings is 2. The molecule has 0 saturated carbocycles. The van der Waals surface area contributed by atoms with E-state index in [1.807, 2.05) is 47.4 Å². The van der Waals surface area contributed by atoms with E-state index in [0.29, 0.717) is 32.3 Å². The lowest BCUT2D eigenvalue weighted by molar-refractivity contribution is -0.954. The quantitative estimate of drug-likeness (QED) is 0.432. The lowest BCUT2D eigenvalue weighted by Gasteiger charge is -2.49. The monoisotopic (exact) mass is 522 g/mol. The lowest BCUT2D eigenvalue weighted by Crippen LogP contribution is -2.61. The van der Waals surface area contributed by atoms with Gasteiger partial charge in [0.05, 0.1) is 44.9 Å². The zero-order valence-electron chi connectivity index (χ0n) is 22.9. The fraction of sp³-hybridized carbons (Fsp3) is 0.533. The van der Waals surface area contributed by atoms with Crippen LogP contribution in [0.2, 0.25) is 0 Å². The number of hydrogen-bond acceptors (Lipinski definition) is 4. The highest BCUT2D eigenvalue weighted by Crippen LogP contribution is 2.31. The number of ether oxygens (including phenoxy) is 1. The second kappa shape index (κ2) is 13.2. The molecular weight excluding hydrogens is 478 g/mol. The van der Waals surface area contributed by atoms with Gasteiger partial charge in [0, 0.05) is 43.7 Å². The Labute approximate surface area is 227 Å². The number of amides is 3. The molecule has 8 nitrogen and oxygen atoms in total. The van der Waals surface area contributed by atoms with Gasteiger partial charge in [0.25, 0.3) is 0 Å². The van der Waals surface area contributed by atoms with Crippen LogP contribution < -0.4 is 16.4 Å². The van der Waals surface area contributed by atoms with Crippen molar-refractivity contribution in [1.82, 2.24) is 4.90 Å². The Bertz CT molecular complexity index is 1050. The van der Waals surface area contributed by atoms with E-state index in [2.05, 4.69) is 36.6 Å². The minimum atomic E-state index is -0.419. The van der Waals surface area contributed by atoms with Gasteiger partial charge in [-0.15, -0.1) is 0 Å². The number of urea groups is 1. The number of nitrogens with two attached hydrogens (primary N) is 1. The second-order valence-corrected chi connectivity index (χ2v) is 10.9. The largest absolute Gasteiger partial charge is 0.378 e. The van der Waals surface area contributed by atoms with Crippen molar-refractivity contribution in [3.8, 4) is 0 Å². The number of nitrogens with zero attached hydrogens (tertiary/aromatic N) is 2. The van der Waals surface area contributed by atoms with Crippen molar-refractivity contribution in [2.75, 3.05) is 56.6 Å². The van der Waals surface area contributed by atoms with Crippen LogP contribution in [-0.4, -0.2) is 79.3 Å². The molecular formula is C30H44N5O3+. The van der Waals surface area contributed by atoms with Gasteiger partial charge in [-0.3, -0.25) is 4.79 Å². The van der Waals surface area contributed by atoms with Gasteiger partial charge in [-0.1, -0.05) is 37.3 Å². The van der Waals surface area contributed by atoms with E-state index < -0.39 is 6.04 Å². The highest BCUT2D eigenvalue weighted by atomic mass is 16.5. The Kier molecular flexibility index (Phi) is 9.77. The minimum absolute atomic E-state index is 0.0856. The molecule has 4 N–H and O–H groups in total. The summed E-state index contributed by atoms with van der Waals surface area (Å²) in [4.78, 5) is 27.3. The normalized spacial score (nSPS) is 23.3. The van der Waals surface area contributed by atoms with E-state index in [0.717, 1.165) is 61.2 Å². The molecule has 2 heterocycles. The van der Waals surface area contributed by atoms with Gasteiger partial charge in [0.15, 0.2) is 0 Å². The van der Waals surface area contributed by atoms with Crippen LogP contribution >= 0.6 is 0 Å². The number of nitrogens with one attached hydrogen (secondary N) is 2. The summed E-state index contributed by atoms with van der Waals surface area (Å²) in [5.74, 6) is 0.318. The summed E-state index contributed by atoms with van der Waals surface area (Å²) in [6, 6.07) is 17.3. The summed E-state index contributed by atoms with van der Waals surface area (Å²) in [7, 11) is 0. The maximum atomic E-state index is 13.0. The third-order valence-electron chi connectivity index (χ3n) is 8.36. The summed E-state index contributed by atoms with van der Waals surface area (Å²) in [5.41, 5.74) is 9.27. The number of rotatable bonds is 9. The van der Waals surface area contributed by atoms with Crippen molar-refractivity contribution in [3.63, 3.8) is 0 Å². The van der Waals surface area contributed by atoms with E-state index in [1.54, 1.807) is 0 Å². The topological polar surface area (TPSA) is 96.7 Å². The van der Waals surface area contributed by atoms with E-state index in [1.165, 1.54) is 5.56 Å². The third-order valence-corrected chi connectivity index (χ3v) is 8.36. The van der Waals surface area contributed by atoms with E-state index in [4.69, 9.17) is 10.5 Å². The van der Waals surface area contributed by atoms with E-state index in [9.17, 15) is 9.59 Å². The number of piperidine rings is 1. The molecule has 8 heteroatoms. The molecule has 206 valence electrons. The number of likely N-dealkylation sites (tertiary alicyclic amines) is 1. The summed E-state index contributed by atoms with van der Waals surface area (Å²) in [5, 5.41) is 5.83. The van der Waals surface area contributed by atoms with Crippen LogP contribution in [0.5, 0.6) is 0 Å². The zero-order chi connectivity index (χ0) is 27.0.